The van der Waals surface area contributed by atoms with E-state index in [2.05, 4.69) is 29.3 Å². The molecule has 0 aliphatic carbocycles. The van der Waals surface area contributed by atoms with Crippen molar-refractivity contribution in [2.45, 2.75) is 6.42 Å². The molecular weight excluding hydrogens is 206 g/mol. The molecule has 0 saturated carbocycles. The number of aromatic nitrogens is 1. The fourth-order valence-electron chi connectivity index (χ4n) is 1.55. The van der Waals surface area contributed by atoms with Crippen LogP contribution in [0.15, 0.2) is 42.7 Å². The minimum atomic E-state index is 0.661. The molecule has 0 N–H and O–H groups in total. The molecule has 2 heteroatoms. The second-order valence-electron chi connectivity index (χ2n) is 3.33. The minimum absolute atomic E-state index is 0.661. The lowest BCUT2D eigenvalue weighted by Crippen LogP contribution is -1.80. The van der Waals surface area contributed by atoms with Crippen LogP contribution in [0.1, 0.15) is 12.0 Å². The molecule has 0 atom stereocenters. The lowest BCUT2D eigenvalue weighted by atomic mass is 10.1. The van der Waals surface area contributed by atoms with Gasteiger partial charge in [-0.05, 0) is 11.8 Å². The van der Waals surface area contributed by atoms with Crippen LogP contribution in [-0.2, 0) is 0 Å². The SMILES string of the molecule is ClCC/C=C/c1cncc2ccccc12. The van der Waals surface area contributed by atoms with E-state index in [9.17, 15) is 0 Å². The maximum atomic E-state index is 5.62. The van der Waals surface area contributed by atoms with Crippen molar-refractivity contribution in [3.05, 3.63) is 48.3 Å². The van der Waals surface area contributed by atoms with Gasteiger partial charge in [-0.25, -0.2) is 0 Å². The van der Waals surface area contributed by atoms with Crippen LogP contribution in [-0.4, -0.2) is 10.9 Å². The fourth-order valence-corrected chi connectivity index (χ4v) is 1.67. The zero-order valence-electron chi connectivity index (χ0n) is 8.36. The third-order valence-electron chi connectivity index (χ3n) is 2.27. The first kappa shape index (κ1) is 10.2. The average molecular weight is 218 g/mol. The predicted octanol–water partition coefficient (Wildman–Crippen LogP) is 3.88. The van der Waals surface area contributed by atoms with Crippen LogP contribution in [0, 0.1) is 0 Å². The van der Waals surface area contributed by atoms with Crippen LogP contribution in [0.25, 0.3) is 16.8 Å². The molecule has 0 amide bonds. The van der Waals surface area contributed by atoms with Gasteiger partial charge in [0.1, 0.15) is 0 Å². The van der Waals surface area contributed by atoms with Crippen LogP contribution >= 0.6 is 11.6 Å². The molecule has 0 fully saturated rings. The van der Waals surface area contributed by atoms with Gasteiger partial charge in [0.15, 0.2) is 0 Å². The molecule has 0 aliphatic heterocycles. The molecular formula is C13H12ClN. The number of alkyl halides is 1. The standard InChI is InChI=1S/C13H12ClN/c14-8-4-3-6-12-10-15-9-11-5-1-2-7-13(11)12/h1-3,5-7,9-10H,4,8H2/b6-3+. The van der Waals surface area contributed by atoms with Crippen molar-refractivity contribution in [2.24, 2.45) is 0 Å². The first-order chi connectivity index (χ1) is 7.42. The van der Waals surface area contributed by atoms with Crippen molar-refractivity contribution in [3.8, 4) is 0 Å². The zero-order chi connectivity index (χ0) is 10.5. The number of pyridine rings is 1. The maximum Gasteiger partial charge on any atom is 0.0346 e. The molecule has 0 aliphatic rings. The van der Waals surface area contributed by atoms with E-state index in [1.165, 1.54) is 10.8 Å². The molecule has 0 spiro atoms. The number of halogens is 1. The Morgan fingerprint density at radius 2 is 2.07 bits per heavy atom. The van der Waals surface area contributed by atoms with Crippen molar-refractivity contribution < 1.29 is 0 Å². The lowest BCUT2D eigenvalue weighted by molar-refractivity contribution is 1.24. The summed E-state index contributed by atoms with van der Waals surface area (Å²) in [5, 5.41) is 2.41. The number of fused-ring (bicyclic) bond motifs is 1. The smallest absolute Gasteiger partial charge is 0.0346 e. The fraction of sp³-hybridized carbons (Fsp3) is 0.154. The van der Waals surface area contributed by atoms with Gasteiger partial charge in [-0.1, -0.05) is 36.4 Å². The molecule has 15 heavy (non-hydrogen) atoms. The Labute approximate surface area is 94.4 Å². The van der Waals surface area contributed by atoms with E-state index in [0.29, 0.717) is 5.88 Å². The van der Waals surface area contributed by atoms with E-state index in [1.807, 2.05) is 24.5 Å². The van der Waals surface area contributed by atoms with Gasteiger partial charge in [0.05, 0.1) is 0 Å². The summed E-state index contributed by atoms with van der Waals surface area (Å²) in [4.78, 5) is 4.21. The van der Waals surface area contributed by atoms with Gasteiger partial charge in [-0.15, -0.1) is 11.6 Å². The normalized spacial score (nSPS) is 11.3. The average Bonchev–Trinajstić information content (AvgIpc) is 2.30. The summed E-state index contributed by atoms with van der Waals surface area (Å²) in [6.07, 6.45) is 8.82. The van der Waals surface area contributed by atoms with Crippen LogP contribution < -0.4 is 0 Å². The summed E-state index contributed by atoms with van der Waals surface area (Å²) in [5.41, 5.74) is 1.15. The highest BCUT2D eigenvalue weighted by atomic mass is 35.5. The van der Waals surface area contributed by atoms with Crippen molar-refractivity contribution in [1.82, 2.24) is 4.98 Å². The van der Waals surface area contributed by atoms with Crippen molar-refractivity contribution >= 4 is 28.4 Å². The van der Waals surface area contributed by atoms with Gasteiger partial charge in [0, 0.05) is 29.2 Å². The first-order valence-electron chi connectivity index (χ1n) is 4.97. The van der Waals surface area contributed by atoms with Crippen LogP contribution in [0.2, 0.25) is 0 Å². The highest BCUT2D eigenvalue weighted by Crippen LogP contribution is 2.18. The van der Waals surface area contributed by atoms with Crippen molar-refractivity contribution in [2.75, 3.05) is 5.88 Å². The Morgan fingerprint density at radius 1 is 1.20 bits per heavy atom. The van der Waals surface area contributed by atoms with Gasteiger partial charge >= 0.3 is 0 Å². The van der Waals surface area contributed by atoms with Gasteiger partial charge in [-0.2, -0.15) is 0 Å². The third-order valence-corrected chi connectivity index (χ3v) is 2.49. The number of nitrogens with zero attached hydrogens (tertiary/aromatic N) is 1. The van der Waals surface area contributed by atoms with E-state index >= 15 is 0 Å². The summed E-state index contributed by atoms with van der Waals surface area (Å²) in [6, 6.07) is 8.25. The van der Waals surface area contributed by atoms with E-state index < -0.39 is 0 Å². The number of benzene rings is 1. The summed E-state index contributed by atoms with van der Waals surface area (Å²) >= 11 is 5.62. The Morgan fingerprint density at radius 3 is 2.93 bits per heavy atom. The van der Waals surface area contributed by atoms with Gasteiger partial charge in [-0.3, -0.25) is 4.98 Å². The Balaban J connectivity index is 2.42. The van der Waals surface area contributed by atoms with Crippen LogP contribution in [0.5, 0.6) is 0 Å². The summed E-state index contributed by atoms with van der Waals surface area (Å²) < 4.78 is 0. The maximum absolute atomic E-state index is 5.62. The number of hydrogen-bond donors (Lipinski definition) is 0. The molecule has 0 radical (unpaired) electrons. The third kappa shape index (κ3) is 2.37. The lowest BCUT2D eigenvalue weighted by Gasteiger charge is -2.00. The molecule has 2 rings (SSSR count). The largest absolute Gasteiger partial charge is 0.263 e. The second-order valence-corrected chi connectivity index (χ2v) is 3.71. The molecule has 2 aromatic rings. The molecule has 76 valence electrons. The summed E-state index contributed by atoms with van der Waals surface area (Å²) in [5.74, 6) is 0.661. The molecule has 1 heterocycles. The van der Waals surface area contributed by atoms with Crippen molar-refractivity contribution in [1.29, 1.82) is 0 Å². The van der Waals surface area contributed by atoms with E-state index in [0.717, 1.165) is 12.0 Å². The number of hydrogen-bond acceptors (Lipinski definition) is 1. The highest BCUT2D eigenvalue weighted by Gasteiger charge is 1.96. The zero-order valence-corrected chi connectivity index (χ0v) is 9.11. The van der Waals surface area contributed by atoms with Gasteiger partial charge in [0.2, 0.25) is 0 Å². The topological polar surface area (TPSA) is 12.9 Å². The Bertz CT molecular complexity index is 471. The highest BCUT2D eigenvalue weighted by molar-refractivity contribution is 6.17. The van der Waals surface area contributed by atoms with Crippen LogP contribution in [0.4, 0.5) is 0 Å². The number of rotatable bonds is 3. The molecule has 0 unspecified atom stereocenters. The Kier molecular flexibility index (Phi) is 3.36. The van der Waals surface area contributed by atoms with Crippen LogP contribution in [0.3, 0.4) is 0 Å². The van der Waals surface area contributed by atoms with E-state index in [4.69, 9.17) is 11.6 Å². The predicted molar refractivity (Wildman–Crippen MR) is 66.1 cm³/mol. The second kappa shape index (κ2) is 4.94. The number of allylic oxidation sites excluding steroid dienone is 1. The monoisotopic (exact) mass is 217 g/mol. The van der Waals surface area contributed by atoms with E-state index in [-0.39, 0.29) is 0 Å². The summed E-state index contributed by atoms with van der Waals surface area (Å²) in [7, 11) is 0. The molecule has 0 saturated heterocycles. The van der Waals surface area contributed by atoms with Gasteiger partial charge < -0.3 is 0 Å². The quantitative estimate of drug-likeness (QED) is 0.712. The summed E-state index contributed by atoms with van der Waals surface area (Å²) in [6.45, 7) is 0. The van der Waals surface area contributed by atoms with Gasteiger partial charge in [0.25, 0.3) is 0 Å². The first-order valence-corrected chi connectivity index (χ1v) is 5.50. The molecule has 1 aromatic carbocycles. The van der Waals surface area contributed by atoms with Crippen molar-refractivity contribution in [3.63, 3.8) is 0 Å². The molecule has 1 nitrogen and oxygen atoms in total. The van der Waals surface area contributed by atoms with E-state index in [1.54, 1.807) is 0 Å². The molecule has 1 aromatic heterocycles. The minimum Gasteiger partial charge on any atom is -0.263 e. The molecule has 0 bridgehead atoms. The Hall–Kier alpha value is -1.34.